The number of phenols is 1. The molecule has 21 heavy (non-hydrogen) atoms. The molecule has 2 rings (SSSR count). The summed E-state index contributed by atoms with van der Waals surface area (Å²) >= 11 is 3.24. The number of esters is 1. The van der Waals surface area contributed by atoms with E-state index in [4.69, 9.17) is 4.74 Å². The number of carbonyl (C=O) groups excluding carboxylic acids is 2. The molecule has 1 amide bonds. The number of aromatic hydroxyl groups is 1. The summed E-state index contributed by atoms with van der Waals surface area (Å²) in [4.78, 5) is 24.3. The zero-order chi connectivity index (χ0) is 15.8. The van der Waals surface area contributed by atoms with Crippen LogP contribution in [0.4, 0.5) is 5.69 Å². The Hall–Kier alpha value is -1.56. The first-order chi connectivity index (χ1) is 9.67. The molecule has 1 aliphatic heterocycles. The topological polar surface area (TPSA) is 75.6 Å². The summed E-state index contributed by atoms with van der Waals surface area (Å²) < 4.78 is 5.85. The van der Waals surface area contributed by atoms with Gasteiger partial charge in [-0.2, -0.15) is 0 Å². The van der Waals surface area contributed by atoms with Gasteiger partial charge in [0.2, 0.25) is 5.91 Å². The van der Waals surface area contributed by atoms with E-state index in [9.17, 15) is 14.7 Å². The predicted octanol–water partition coefficient (Wildman–Crippen LogP) is 3.00. The third-order valence-corrected chi connectivity index (χ3v) is 3.78. The second kappa shape index (κ2) is 5.67. The fourth-order valence-electron chi connectivity index (χ4n) is 2.17. The molecule has 6 heteroatoms. The lowest BCUT2D eigenvalue weighted by atomic mass is 10.00. The Kier molecular flexibility index (Phi) is 4.27. The van der Waals surface area contributed by atoms with Gasteiger partial charge in [-0.25, -0.2) is 0 Å². The van der Waals surface area contributed by atoms with E-state index >= 15 is 0 Å². The summed E-state index contributed by atoms with van der Waals surface area (Å²) in [6.07, 6.45) is 0.932. The maximum absolute atomic E-state index is 12.2. The van der Waals surface area contributed by atoms with Crippen molar-refractivity contribution in [1.29, 1.82) is 0 Å². The predicted molar refractivity (Wildman–Crippen MR) is 82.1 cm³/mol. The minimum Gasteiger partial charge on any atom is -0.507 e. The van der Waals surface area contributed by atoms with E-state index < -0.39 is 23.4 Å². The average Bonchev–Trinajstić information content (AvgIpc) is 2.47. The zero-order valence-corrected chi connectivity index (χ0v) is 13.8. The van der Waals surface area contributed by atoms with Gasteiger partial charge in [-0.15, -0.1) is 0 Å². The molecule has 0 bridgehead atoms. The van der Waals surface area contributed by atoms with E-state index in [1.165, 1.54) is 6.07 Å². The molecule has 1 aliphatic rings. The van der Waals surface area contributed by atoms with Crippen molar-refractivity contribution in [1.82, 2.24) is 0 Å². The molecule has 1 aromatic rings. The van der Waals surface area contributed by atoms with Crippen molar-refractivity contribution in [2.75, 3.05) is 5.32 Å². The number of ether oxygens (including phenoxy) is 1. The van der Waals surface area contributed by atoms with Crippen molar-refractivity contribution in [2.24, 2.45) is 5.92 Å². The van der Waals surface area contributed by atoms with Gasteiger partial charge in [0.25, 0.3) is 0 Å². The first-order valence-corrected chi connectivity index (χ1v) is 7.52. The van der Waals surface area contributed by atoms with Crippen molar-refractivity contribution in [3.8, 4) is 5.75 Å². The molecule has 1 heterocycles. The van der Waals surface area contributed by atoms with Gasteiger partial charge < -0.3 is 15.2 Å². The van der Waals surface area contributed by atoms with Gasteiger partial charge in [0, 0.05) is 11.8 Å². The number of rotatable bonds is 1. The molecular weight excluding hydrogens is 338 g/mol. The van der Waals surface area contributed by atoms with Crippen LogP contribution in [0.25, 0.3) is 0 Å². The standard InChI is InChI=1S/C15H18BrNO4/c1-15(2,3)21-14(20)9-5-4-8-6-10(16)12(18)7-11(8)17-13(9)19/h6-7,9,18H,4-5H2,1-3H3,(H,17,19). The molecule has 5 nitrogen and oxygen atoms in total. The molecule has 0 spiro atoms. The summed E-state index contributed by atoms with van der Waals surface area (Å²) in [6.45, 7) is 5.30. The fraction of sp³-hybridized carbons (Fsp3) is 0.467. The van der Waals surface area contributed by atoms with E-state index in [1.807, 2.05) is 0 Å². The smallest absolute Gasteiger partial charge is 0.319 e. The number of nitrogens with one attached hydrogen (secondary N) is 1. The summed E-state index contributed by atoms with van der Waals surface area (Å²) in [7, 11) is 0. The number of halogens is 1. The van der Waals surface area contributed by atoms with Crippen molar-refractivity contribution in [3.63, 3.8) is 0 Å². The molecule has 2 N–H and O–H groups in total. The Morgan fingerprint density at radius 1 is 1.43 bits per heavy atom. The monoisotopic (exact) mass is 355 g/mol. The Morgan fingerprint density at radius 3 is 2.71 bits per heavy atom. The summed E-state index contributed by atoms with van der Waals surface area (Å²) in [5, 5.41) is 12.4. The van der Waals surface area contributed by atoms with Gasteiger partial charge in [0.15, 0.2) is 0 Å². The van der Waals surface area contributed by atoms with E-state index in [0.717, 1.165) is 5.56 Å². The molecule has 0 saturated carbocycles. The molecule has 0 aromatic heterocycles. The normalized spacial score (nSPS) is 18.5. The second-order valence-corrected chi connectivity index (χ2v) is 6.93. The summed E-state index contributed by atoms with van der Waals surface area (Å²) in [6, 6.07) is 3.23. The van der Waals surface area contributed by atoms with Gasteiger partial charge in [0.1, 0.15) is 17.3 Å². The first-order valence-electron chi connectivity index (χ1n) is 6.72. The second-order valence-electron chi connectivity index (χ2n) is 6.07. The van der Waals surface area contributed by atoms with E-state index in [0.29, 0.717) is 23.0 Å². The van der Waals surface area contributed by atoms with Crippen LogP contribution < -0.4 is 5.32 Å². The first kappa shape index (κ1) is 15.8. The number of fused-ring (bicyclic) bond motifs is 1. The lowest BCUT2D eigenvalue weighted by molar-refractivity contribution is -0.161. The molecule has 1 unspecified atom stereocenters. The van der Waals surface area contributed by atoms with Crippen LogP contribution in [0.1, 0.15) is 32.8 Å². The number of hydrogen-bond acceptors (Lipinski definition) is 4. The van der Waals surface area contributed by atoms with Crippen LogP contribution in [0.3, 0.4) is 0 Å². The molecule has 0 radical (unpaired) electrons. The molecule has 0 aliphatic carbocycles. The Balaban J connectivity index is 2.22. The third kappa shape index (κ3) is 3.75. The summed E-state index contributed by atoms with van der Waals surface area (Å²) in [5.74, 6) is -1.71. The number of carbonyl (C=O) groups is 2. The number of amides is 1. The van der Waals surface area contributed by atoms with Crippen LogP contribution in [0.15, 0.2) is 16.6 Å². The highest BCUT2D eigenvalue weighted by Crippen LogP contribution is 2.34. The largest absolute Gasteiger partial charge is 0.507 e. The lowest BCUT2D eigenvalue weighted by Gasteiger charge is -2.22. The number of benzene rings is 1. The van der Waals surface area contributed by atoms with Crippen molar-refractivity contribution in [2.45, 2.75) is 39.2 Å². The molecule has 1 aromatic carbocycles. The fourth-order valence-corrected chi connectivity index (χ4v) is 2.57. The number of anilines is 1. The number of hydrogen-bond donors (Lipinski definition) is 2. The van der Waals surface area contributed by atoms with Crippen molar-refractivity contribution < 1.29 is 19.4 Å². The average molecular weight is 356 g/mol. The van der Waals surface area contributed by atoms with Crippen LogP contribution >= 0.6 is 15.9 Å². The minimum absolute atomic E-state index is 0.0461. The van der Waals surface area contributed by atoms with Crippen LogP contribution in [0, 0.1) is 5.92 Å². The Bertz CT molecular complexity index is 592. The molecular formula is C15H18BrNO4. The maximum Gasteiger partial charge on any atom is 0.319 e. The van der Waals surface area contributed by atoms with Gasteiger partial charge in [-0.3, -0.25) is 9.59 Å². The van der Waals surface area contributed by atoms with E-state index in [2.05, 4.69) is 21.2 Å². The molecule has 0 fully saturated rings. The number of phenolic OH excluding ortho intramolecular Hbond substituents is 1. The van der Waals surface area contributed by atoms with Gasteiger partial charge in [-0.1, -0.05) is 0 Å². The number of aryl methyl sites for hydroxylation is 1. The Labute approximate surface area is 131 Å². The van der Waals surface area contributed by atoms with Crippen LogP contribution in [-0.2, 0) is 20.7 Å². The lowest BCUT2D eigenvalue weighted by Crippen LogP contribution is -2.35. The quantitative estimate of drug-likeness (QED) is 0.599. The van der Waals surface area contributed by atoms with Gasteiger partial charge in [-0.05, 0) is 61.2 Å². The van der Waals surface area contributed by atoms with E-state index in [-0.39, 0.29) is 5.75 Å². The highest BCUT2D eigenvalue weighted by molar-refractivity contribution is 9.10. The van der Waals surface area contributed by atoms with Crippen molar-refractivity contribution >= 4 is 33.5 Å². The molecule has 0 saturated heterocycles. The van der Waals surface area contributed by atoms with Crippen LogP contribution in [-0.4, -0.2) is 22.6 Å². The summed E-state index contributed by atoms with van der Waals surface area (Å²) in [5.41, 5.74) is 0.781. The van der Waals surface area contributed by atoms with E-state index in [1.54, 1.807) is 26.8 Å². The highest BCUT2D eigenvalue weighted by atomic mass is 79.9. The minimum atomic E-state index is -0.836. The van der Waals surface area contributed by atoms with Crippen LogP contribution in [0.2, 0.25) is 0 Å². The molecule has 114 valence electrons. The Morgan fingerprint density at radius 2 is 2.10 bits per heavy atom. The maximum atomic E-state index is 12.2. The third-order valence-electron chi connectivity index (χ3n) is 3.14. The zero-order valence-electron chi connectivity index (χ0n) is 12.2. The SMILES string of the molecule is CC(C)(C)OC(=O)C1CCc2cc(Br)c(O)cc2NC1=O. The van der Waals surface area contributed by atoms with Crippen molar-refractivity contribution in [3.05, 3.63) is 22.2 Å². The molecule has 1 atom stereocenters. The van der Waals surface area contributed by atoms with Crippen LogP contribution in [0.5, 0.6) is 5.75 Å². The van der Waals surface area contributed by atoms with Gasteiger partial charge in [0.05, 0.1) is 4.47 Å². The highest BCUT2D eigenvalue weighted by Gasteiger charge is 2.33. The van der Waals surface area contributed by atoms with Gasteiger partial charge >= 0.3 is 5.97 Å².